The Morgan fingerprint density at radius 1 is 0.808 bits per heavy atom. The number of nitrogens with zero attached hydrogens (tertiary/aromatic N) is 1. The third kappa shape index (κ3) is 4.20. The van der Waals surface area contributed by atoms with Gasteiger partial charge in [-0.1, -0.05) is 41.4 Å². The topological polar surface area (TPSA) is 71.1 Å². The minimum absolute atomic E-state index is 0.221. The molecule has 0 unspecified atom stereocenters. The molecule has 0 aliphatic carbocycles. The standard InChI is InChI=1S/C19H13Cl2N3O2/c20-12-8-9-15(21)14(11-12)19(26)23-16-6-2-1-5-13(16)18(25)24-17-7-3-4-10-22-17/h1-11H,(H,23,26)(H,22,24,25). The van der Waals surface area contributed by atoms with Gasteiger partial charge in [-0.3, -0.25) is 9.59 Å². The van der Waals surface area contributed by atoms with Crippen molar-refractivity contribution in [1.82, 2.24) is 4.98 Å². The number of rotatable bonds is 4. The number of amides is 2. The van der Waals surface area contributed by atoms with Gasteiger partial charge >= 0.3 is 0 Å². The number of para-hydroxylation sites is 1. The molecule has 0 aliphatic heterocycles. The summed E-state index contributed by atoms with van der Waals surface area (Å²) in [6.07, 6.45) is 1.57. The molecule has 5 nitrogen and oxygen atoms in total. The molecule has 3 rings (SSSR count). The lowest BCUT2D eigenvalue weighted by Crippen LogP contribution is -2.18. The first-order chi connectivity index (χ1) is 12.5. The number of benzene rings is 2. The number of pyridine rings is 1. The number of nitrogens with one attached hydrogen (secondary N) is 2. The van der Waals surface area contributed by atoms with E-state index in [0.717, 1.165) is 0 Å². The smallest absolute Gasteiger partial charge is 0.258 e. The zero-order chi connectivity index (χ0) is 18.5. The van der Waals surface area contributed by atoms with Crippen LogP contribution in [0.25, 0.3) is 0 Å². The van der Waals surface area contributed by atoms with E-state index in [1.54, 1.807) is 60.8 Å². The van der Waals surface area contributed by atoms with Gasteiger partial charge in [0.2, 0.25) is 0 Å². The number of carbonyl (C=O) groups is 2. The molecule has 2 amide bonds. The van der Waals surface area contributed by atoms with Gasteiger partial charge in [0, 0.05) is 11.2 Å². The predicted molar refractivity (Wildman–Crippen MR) is 103 cm³/mol. The third-order valence-electron chi connectivity index (χ3n) is 3.50. The number of halogens is 2. The molecule has 0 atom stereocenters. The van der Waals surface area contributed by atoms with Crippen molar-refractivity contribution >= 4 is 46.5 Å². The molecule has 0 radical (unpaired) electrons. The number of aromatic nitrogens is 1. The van der Waals surface area contributed by atoms with Crippen LogP contribution in [0, 0.1) is 0 Å². The summed E-state index contributed by atoms with van der Waals surface area (Å²) in [7, 11) is 0. The van der Waals surface area contributed by atoms with E-state index < -0.39 is 11.8 Å². The van der Waals surface area contributed by atoms with Crippen molar-refractivity contribution in [2.75, 3.05) is 10.6 Å². The zero-order valence-corrected chi connectivity index (χ0v) is 14.9. The van der Waals surface area contributed by atoms with Crippen molar-refractivity contribution in [3.05, 3.63) is 88.0 Å². The zero-order valence-electron chi connectivity index (χ0n) is 13.4. The van der Waals surface area contributed by atoms with Crippen molar-refractivity contribution in [1.29, 1.82) is 0 Å². The SMILES string of the molecule is O=C(Nc1ccccc1C(=O)Nc1ccccn1)c1cc(Cl)ccc1Cl. The third-order valence-corrected chi connectivity index (χ3v) is 4.06. The van der Waals surface area contributed by atoms with E-state index in [-0.39, 0.29) is 10.6 Å². The number of carbonyl (C=O) groups excluding carboxylic acids is 2. The maximum atomic E-state index is 12.5. The normalized spacial score (nSPS) is 10.2. The maximum Gasteiger partial charge on any atom is 0.258 e. The Morgan fingerprint density at radius 2 is 1.54 bits per heavy atom. The fraction of sp³-hybridized carbons (Fsp3) is 0. The monoisotopic (exact) mass is 385 g/mol. The summed E-state index contributed by atoms with van der Waals surface area (Å²) in [6, 6.07) is 16.4. The first-order valence-electron chi connectivity index (χ1n) is 7.62. The first kappa shape index (κ1) is 17.9. The summed E-state index contributed by atoms with van der Waals surface area (Å²) in [4.78, 5) is 29.1. The van der Waals surface area contributed by atoms with Gasteiger partial charge in [0.05, 0.1) is 21.8 Å². The molecule has 2 aromatic carbocycles. The van der Waals surface area contributed by atoms with E-state index >= 15 is 0 Å². The van der Waals surface area contributed by atoms with Crippen molar-refractivity contribution < 1.29 is 9.59 Å². The second-order valence-corrected chi connectivity index (χ2v) is 6.14. The Bertz CT molecular complexity index is 962. The maximum absolute atomic E-state index is 12.5. The first-order valence-corrected chi connectivity index (χ1v) is 8.38. The fourth-order valence-corrected chi connectivity index (χ4v) is 2.65. The number of hydrogen-bond donors (Lipinski definition) is 2. The van der Waals surface area contributed by atoms with Gasteiger partial charge in [0.1, 0.15) is 5.82 Å². The van der Waals surface area contributed by atoms with Crippen LogP contribution in [0.5, 0.6) is 0 Å². The largest absolute Gasteiger partial charge is 0.321 e. The van der Waals surface area contributed by atoms with Crippen LogP contribution in [-0.2, 0) is 0 Å². The molecule has 0 bridgehead atoms. The molecule has 7 heteroatoms. The van der Waals surface area contributed by atoms with E-state index in [1.807, 2.05) is 0 Å². The molecule has 0 fully saturated rings. The lowest BCUT2D eigenvalue weighted by atomic mass is 10.1. The lowest BCUT2D eigenvalue weighted by Gasteiger charge is -2.12. The van der Waals surface area contributed by atoms with Gasteiger partial charge in [0.25, 0.3) is 11.8 Å². The highest BCUT2D eigenvalue weighted by atomic mass is 35.5. The van der Waals surface area contributed by atoms with Gasteiger partial charge < -0.3 is 10.6 Å². The highest BCUT2D eigenvalue weighted by molar-refractivity contribution is 6.36. The highest BCUT2D eigenvalue weighted by Crippen LogP contribution is 2.23. The van der Waals surface area contributed by atoms with Gasteiger partial charge in [-0.25, -0.2) is 4.98 Å². The Kier molecular flexibility index (Phi) is 5.51. The molecule has 1 aromatic heterocycles. The minimum Gasteiger partial charge on any atom is -0.321 e. The van der Waals surface area contributed by atoms with Crippen LogP contribution in [0.15, 0.2) is 66.9 Å². The van der Waals surface area contributed by atoms with Crippen molar-refractivity contribution in [2.24, 2.45) is 0 Å². The molecule has 26 heavy (non-hydrogen) atoms. The Labute approximate surface area is 160 Å². The highest BCUT2D eigenvalue weighted by Gasteiger charge is 2.16. The van der Waals surface area contributed by atoms with Crippen molar-refractivity contribution in [3.8, 4) is 0 Å². The van der Waals surface area contributed by atoms with Crippen LogP contribution in [-0.4, -0.2) is 16.8 Å². The molecule has 0 aliphatic rings. The summed E-state index contributed by atoms with van der Waals surface area (Å²) in [5, 5.41) is 6.04. The Morgan fingerprint density at radius 3 is 2.31 bits per heavy atom. The van der Waals surface area contributed by atoms with Crippen LogP contribution >= 0.6 is 23.2 Å². The van der Waals surface area contributed by atoms with E-state index in [4.69, 9.17) is 23.2 Å². The van der Waals surface area contributed by atoms with Gasteiger partial charge in [-0.2, -0.15) is 0 Å². The molecule has 0 spiro atoms. The van der Waals surface area contributed by atoms with E-state index in [0.29, 0.717) is 22.1 Å². The predicted octanol–water partition coefficient (Wildman–Crippen LogP) is 4.89. The molecule has 1 heterocycles. The van der Waals surface area contributed by atoms with Gasteiger partial charge in [-0.05, 0) is 42.5 Å². The average molecular weight is 386 g/mol. The van der Waals surface area contributed by atoms with Crippen LogP contribution < -0.4 is 10.6 Å². The molecule has 0 saturated carbocycles. The molecule has 3 aromatic rings. The van der Waals surface area contributed by atoms with Crippen LogP contribution in [0.4, 0.5) is 11.5 Å². The summed E-state index contributed by atoms with van der Waals surface area (Å²) >= 11 is 12.0. The molecule has 2 N–H and O–H groups in total. The van der Waals surface area contributed by atoms with Crippen LogP contribution in [0.2, 0.25) is 10.0 Å². The summed E-state index contributed by atoms with van der Waals surface area (Å²) in [5.41, 5.74) is 0.866. The van der Waals surface area contributed by atoms with Crippen LogP contribution in [0.3, 0.4) is 0 Å². The Hall–Kier alpha value is -2.89. The Balaban J connectivity index is 1.84. The fourth-order valence-electron chi connectivity index (χ4n) is 2.27. The minimum atomic E-state index is -0.462. The average Bonchev–Trinajstić information content (AvgIpc) is 2.65. The van der Waals surface area contributed by atoms with Crippen molar-refractivity contribution in [2.45, 2.75) is 0 Å². The molecule has 0 saturated heterocycles. The lowest BCUT2D eigenvalue weighted by molar-refractivity contribution is 0.102. The van der Waals surface area contributed by atoms with E-state index in [9.17, 15) is 9.59 Å². The van der Waals surface area contributed by atoms with Gasteiger partial charge in [0.15, 0.2) is 0 Å². The quantitative estimate of drug-likeness (QED) is 0.671. The number of hydrogen-bond acceptors (Lipinski definition) is 3. The summed E-state index contributed by atoms with van der Waals surface area (Å²) in [5.74, 6) is -0.441. The molecule has 130 valence electrons. The molecular weight excluding hydrogens is 373 g/mol. The molecular formula is C19H13Cl2N3O2. The van der Waals surface area contributed by atoms with Gasteiger partial charge in [-0.15, -0.1) is 0 Å². The number of anilines is 2. The van der Waals surface area contributed by atoms with Crippen molar-refractivity contribution in [3.63, 3.8) is 0 Å². The second kappa shape index (κ2) is 7.99. The van der Waals surface area contributed by atoms with E-state index in [1.165, 1.54) is 6.07 Å². The van der Waals surface area contributed by atoms with E-state index in [2.05, 4.69) is 15.6 Å². The second-order valence-electron chi connectivity index (χ2n) is 5.29. The van der Waals surface area contributed by atoms with Crippen LogP contribution in [0.1, 0.15) is 20.7 Å². The summed E-state index contributed by atoms with van der Waals surface area (Å²) in [6.45, 7) is 0. The summed E-state index contributed by atoms with van der Waals surface area (Å²) < 4.78 is 0.